The van der Waals surface area contributed by atoms with Gasteiger partial charge in [0.05, 0.1) is 29.9 Å². The minimum atomic E-state index is -1.40. The molecule has 13 nitrogen and oxygen atoms in total. The summed E-state index contributed by atoms with van der Waals surface area (Å²) < 4.78 is 43.9. The number of unbranched alkanes of at least 4 members (excludes halogenated alkanes) is 11. The molecule has 0 saturated carbocycles. The molecule has 2 aliphatic heterocycles. The highest BCUT2D eigenvalue weighted by atomic mass is 16.8. The first kappa shape index (κ1) is 48.6. The van der Waals surface area contributed by atoms with E-state index in [0.717, 1.165) is 31.2 Å². The highest BCUT2D eigenvalue weighted by Gasteiger charge is 2.54. The molecule has 2 fully saturated rings. The van der Waals surface area contributed by atoms with Crippen molar-refractivity contribution in [2.75, 3.05) is 13.2 Å². The molecule has 2 aliphatic rings. The van der Waals surface area contributed by atoms with Gasteiger partial charge in [-0.1, -0.05) is 167 Å². The Balaban J connectivity index is 1.21. The van der Waals surface area contributed by atoms with E-state index < -0.39 is 67.0 Å². The van der Waals surface area contributed by atoms with Crippen molar-refractivity contribution < 1.29 is 47.5 Å². The first-order chi connectivity index (χ1) is 31.9. The van der Waals surface area contributed by atoms with E-state index in [0.29, 0.717) is 5.56 Å². The number of carbonyl (C=O) groups excluding carboxylic acids is 3. The molecule has 6 rings (SSSR count). The maximum Gasteiger partial charge on any atom is 0.338 e. The summed E-state index contributed by atoms with van der Waals surface area (Å²) in [6.07, 6.45) is 9.95. The fourth-order valence-corrected chi connectivity index (χ4v) is 7.87. The number of allylic oxidation sites excluding steroid dienone is 1. The second kappa shape index (κ2) is 26.8. The maximum atomic E-state index is 13.8. The van der Waals surface area contributed by atoms with Crippen LogP contribution in [0.4, 0.5) is 0 Å². The second-order valence-corrected chi connectivity index (χ2v) is 16.3. The lowest BCUT2D eigenvalue weighted by Gasteiger charge is -2.48. The quantitative estimate of drug-likeness (QED) is 0.0119. The Hall–Kier alpha value is -5.82. The normalized spacial score (nSPS) is 21.3. The van der Waals surface area contributed by atoms with E-state index in [4.69, 9.17) is 33.2 Å². The van der Waals surface area contributed by atoms with Gasteiger partial charge in [-0.05, 0) is 60.8 Å². The topological polar surface area (TPSA) is 165 Å². The number of ether oxygens (including phenoxy) is 7. The molecule has 2 heterocycles. The predicted octanol–water partition coefficient (Wildman–Crippen LogP) is 11.5. The monoisotopic (exact) mass is 887 g/mol. The van der Waals surface area contributed by atoms with Crippen LogP contribution in [0.25, 0.3) is 10.4 Å². The molecule has 344 valence electrons. The van der Waals surface area contributed by atoms with E-state index in [1.807, 2.05) is 36.4 Å². The Kier molecular flexibility index (Phi) is 20.1. The Bertz CT molecular complexity index is 2100. The number of esters is 3. The van der Waals surface area contributed by atoms with Crippen LogP contribution >= 0.6 is 0 Å². The third-order valence-electron chi connectivity index (χ3n) is 11.4. The summed E-state index contributed by atoms with van der Waals surface area (Å²) in [5.74, 6) is -2.04. The van der Waals surface area contributed by atoms with Crippen molar-refractivity contribution in [3.63, 3.8) is 0 Å². The van der Waals surface area contributed by atoms with Gasteiger partial charge in [-0.15, -0.1) is 0 Å². The highest BCUT2D eigenvalue weighted by molar-refractivity contribution is 5.90. The Morgan fingerprint density at radius 1 is 0.677 bits per heavy atom. The summed E-state index contributed by atoms with van der Waals surface area (Å²) >= 11 is 0. The van der Waals surface area contributed by atoms with Gasteiger partial charge in [-0.25, -0.2) is 14.4 Å². The number of rotatable bonds is 25. The highest BCUT2D eigenvalue weighted by Crippen LogP contribution is 2.37. The van der Waals surface area contributed by atoms with Gasteiger partial charge >= 0.3 is 17.9 Å². The lowest BCUT2D eigenvalue weighted by atomic mass is 9.96. The van der Waals surface area contributed by atoms with Gasteiger partial charge in [0.25, 0.3) is 0 Å². The van der Waals surface area contributed by atoms with E-state index in [1.165, 1.54) is 51.4 Å². The lowest BCUT2D eigenvalue weighted by molar-refractivity contribution is -0.360. The molecule has 4 aromatic carbocycles. The zero-order valence-electron chi connectivity index (χ0n) is 37.1. The number of nitrogens with zero attached hydrogens (tertiary/aromatic N) is 3. The third-order valence-corrected chi connectivity index (χ3v) is 11.4. The molecular weight excluding hydrogens is 827 g/mol. The van der Waals surface area contributed by atoms with E-state index in [2.05, 4.69) is 16.9 Å². The smallest absolute Gasteiger partial charge is 0.338 e. The van der Waals surface area contributed by atoms with Crippen LogP contribution in [0.2, 0.25) is 0 Å². The number of carbonyl (C=O) groups is 3. The lowest BCUT2D eigenvalue weighted by Crippen LogP contribution is -2.64. The fourth-order valence-electron chi connectivity index (χ4n) is 7.87. The summed E-state index contributed by atoms with van der Waals surface area (Å²) in [5, 5.41) is 4.03. The molecule has 0 radical (unpaired) electrons. The zero-order chi connectivity index (χ0) is 45.5. The van der Waals surface area contributed by atoms with Gasteiger partial charge in [0.15, 0.2) is 24.8 Å². The van der Waals surface area contributed by atoms with Gasteiger partial charge in [0, 0.05) is 10.5 Å². The van der Waals surface area contributed by atoms with E-state index in [1.54, 1.807) is 97.1 Å². The first-order valence-electron chi connectivity index (χ1n) is 23.0. The molecule has 65 heavy (non-hydrogen) atoms. The standard InChI is InChI=1S/C52H61N3O10/c1-2-3-4-5-6-7-8-9-10-11-12-13-26-35-43(61-48(56)38-27-18-14-19-28-38)42(54-55-53)36-59-52-47(64-50(58)40-31-22-16-23-32-40)46(63-49(57)39-29-20-15-21-30-39)45-44(62-52)37-60-51(65-45)41-33-24-17-25-34-41/h14-35,42-47,51-52H,2-13,36-37H2,1H3/t42-,43+,44+,45+,46-,47+,51?,52-/m0/s1. The van der Waals surface area contributed by atoms with E-state index in [9.17, 15) is 19.9 Å². The Labute approximate surface area is 382 Å². The van der Waals surface area contributed by atoms with Crippen molar-refractivity contribution in [3.8, 4) is 0 Å². The molecule has 0 spiro atoms. The second-order valence-electron chi connectivity index (χ2n) is 16.3. The van der Waals surface area contributed by atoms with Crippen molar-refractivity contribution in [2.24, 2.45) is 5.11 Å². The Morgan fingerprint density at radius 2 is 1.18 bits per heavy atom. The Morgan fingerprint density at radius 3 is 1.74 bits per heavy atom. The minimum absolute atomic E-state index is 0.00169. The molecule has 0 aliphatic carbocycles. The average Bonchev–Trinajstić information content (AvgIpc) is 3.35. The van der Waals surface area contributed by atoms with E-state index in [-0.39, 0.29) is 24.3 Å². The third kappa shape index (κ3) is 15.1. The van der Waals surface area contributed by atoms with Gasteiger partial charge < -0.3 is 33.2 Å². The van der Waals surface area contributed by atoms with Gasteiger partial charge in [-0.2, -0.15) is 0 Å². The van der Waals surface area contributed by atoms with Crippen molar-refractivity contribution in [2.45, 2.75) is 133 Å². The largest absolute Gasteiger partial charge is 0.454 e. The van der Waals surface area contributed by atoms with Crippen LogP contribution in [0.5, 0.6) is 0 Å². The first-order valence-corrected chi connectivity index (χ1v) is 23.0. The molecule has 2 saturated heterocycles. The van der Waals surface area contributed by atoms with Gasteiger partial charge in [0.1, 0.15) is 24.4 Å². The molecule has 0 amide bonds. The summed E-state index contributed by atoms with van der Waals surface area (Å²) in [7, 11) is 0. The molecule has 8 atom stereocenters. The van der Waals surface area contributed by atoms with Gasteiger partial charge in [-0.3, -0.25) is 0 Å². The molecule has 0 bridgehead atoms. The molecule has 1 unspecified atom stereocenters. The number of fused-ring (bicyclic) bond motifs is 1. The number of azide groups is 1. The fraction of sp³-hybridized carbons (Fsp3) is 0.442. The van der Waals surface area contributed by atoms with Crippen LogP contribution in [-0.2, 0) is 33.2 Å². The minimum Gasteiger partial charge on any atom is -0.454 e. The summed E-state index contributed by atoms with van der Waals surface area (Å²) in [5.41, 5.74) is 11.4. The number of benzene rings is 4. The van der Waals surface area contributed by atoms with Crippen LogP contribution in [-0.4, -0.2) is 74.0 Å². The van der Waals surface area contributed by atoms with Crippen molar-refractivity contribution in [3.05, 3.63) is 166 Å². The van der Waals surface area contributed by atoms with Crippen LogP contribution in [0.15, 0.2) is 139 Å². The van der Waals surface area contributed by atoms with E-state index >= 15 is 0 Å². The molecule has 0 aromatic heterocycles. The van der Waals surface area contributed by atoms with Gasteiger partial charge in [0.2, 0.25) is 0 Å². The number of hydrogen-bond acceptors (Lipinski definition) is 11. The zero-order valence-corrected chi connectivity index (χ0v) is 37.1. The van der Waals surface area contributed by atoms with Crippen molar-refractivity contribution in [1.82, 2.24) is 0 Å². The van der Waals surface area contributed by atoms with Crippen molar-refractivity contribution >= 4 is 17.9 Å². The van der Waals surface area contributed by atoms with Crippen LogP contribution in [0.1, 0.15) is 127 Å². The average molecular weight is 888 g/mol. The van der Waals surface area contributed by atoms with Crippen LogP contribution in [0, 0.1) is 0 Å². The summed E-state index contributed by atoms with van der Waals surface area (Å²) in [6.45, 7) is 1.88. The van der Waals surface area contributed by atoms with Crippen LogP contribution in [0.3, 0.4) is 0 Å². The maximum absolute atomic E-state index is 13.8. The summed E-state index contributed by atoms with van der Waals surface area (Å²) in [4.78, 5) is 44.2. The summed E-state index contributed by atoms with van der Waals surface area (Å²) in [6, 6.07) is 33.5. The molecule has 0 N–H and O–H groups in total. The van der Waals surface area contributed by atoms with Crippen molar-refractivity contribution in [1.29, 1.82) is 0 Å². The predicted molar refractivity (Wildman–Crippen MR) is 245 cm³/mol. The molecule has 4 aromatic rings. The number of hydrogen-bond donors (Lipinski definition) is 0. The molecule has 13 heteroatoms. The SMILES string of the molecule is CCCCCCCCCCCCCC=C[C@@H](OC(=O)c1ccccc1)[C@H](CO[C@H]1O[C@@H]2COC(c3ccccc3)O[C@H]2[C@H](OC(=O)c2ccccc2)[C@H]1OC(=O)c1ccccc1)N=[N+]=[N-]. The molecular formula is C52H61N3O10. The van der Waals surface area contributed by atoms with Crippen LogP contribution < -0.4 is 0 Å².